The number of imidazole rings is 1. The van der Waals surface area contributed by atoms with E-state index in [9.17, 15) is 0 Å². The number of halogens is 1. The summed E-state index contributed by atoms with van der Waals surface area (Å²) in [5.74, 6) is 0.648. The predicted octanol–water partition coefficient (Wildman–Crippen LogP) is 11.6. The Hall–Kier alpha value is -6.33. The van der Waals surface area contributed by atoms with Gasteiger partial charge in [0.25, 0.3) is 0 Å². The van der Waals surface area contributed by atoms with E-state index in [0.29, 0.717) is 11.1 Å². The van der Waals surface area contributed by atoms with Gasteiger partial charge in [0, 0.05) is 40.7 Å². The van der Waals surface area contributed by atoms with Crippen molar-refractivity contribution in [3.8, 4) is 17.1 Å². The Balaban J connectivity index is 1.15. The number of benzene rings is 6. The molecule has 6 aromatic carbocycles. The minimum Gasteiger partial charge on any atom is -0.327 e. The first-order valence-electron chi connectivity index (χ1n) is 18.2. The molecule has 0 saturated heterocycles. The zero-order valence-corrected chi connectivity index (χ0v) is 29.8. The van der Waals surface area contributed by atoms with Crippen LogP contribution in [0.1, 0.15) is 65.0 Å². The minimum absolute atomic E-state index is 0.170. The fraction of sp³-hybridized carbons (Fsp3) is 0.125. The third kappa shape index (κ3) is 4.80. The zero-order valence-electron chi connectivity index (χ0n) is 29.8. The number of rotatable bonds is 5. The van der Waals surface area contributed by atoms with Crippen molar-refractivity contribution in [1.82, 2.24) is 19.1 Å². The van der Waals surface area contributed by atoms with Crippen LogP contribution >= 0.6 is 0 Å². The number of para-hydroxylation sites is 4. The molecule has 3 heterocycles. The molecule has 1 aliphatic rings. The van der Waals surface area contributed by atoms with E-state index in [0.717, 1.165) is 39.4 Å². The van der Waals surface area contributed by atoms with Crippen molar-refractivity contribution in [2.24, 2.45) is 7.05 Å². The molecule has 0 fully saturated rings. The highest BCUT2D eigenvalue weighted by atomic mass is 19.1. The summed E-state index contributed by atoms with van der Waals surface area (Å²) in [5, 5.41) is 2.40. The lowest BCUT2D eigenvalue weighted by molar-refractivity contribution is 0.401. The van der Waals surface area contributed by atoms with Gasteiger partial charge in [-0.25, -0.2) is 9.37 Å². The van der Waals surface area contributed by atoms with E-state index in [1.807, 2.05) is 67.8 Å². The van der Waals surface area contributed by atoms with Gasteiger partial charge in [0.05, 0.1) is 33.7 Å². The minimum atomic E-state index is -1.32. The number of fused-ring (bicyclic) bond motifs is 6. The summed E-state index contributed by atoms with van der Waals surface area (Å²) in [6, 6.07) is 52.2. The van der Waals surface area contributed by atoms with Crippen LogP contribution in [-0.2, 0) is 12.5 Å². The monoisotopic (exact) mass is 688 g/mol. The van der Waals surface area contributed by atoms with Crippen LogP contribution in [0.5, 0.6) is 0 Å². The van der Waals surface area contributed by atoms with Crippen LogP contribution in [0.15, 0.2) is 158 Å². The fourth-order valence-electron chi connectivity index (χ4n) is 8.82. The van der Waals surface area contributed by atoms with E-state index in [4.69, 9.17) is 9.97 Å². The van der Waals surface area contributed by atoms with Gasteiger partial charge in [0.2, 0.25) is 0 Å². The lowest BCUT2D eigenvalue weighted by Crippen LogP contribution is -2.30. The molecule has 0 radical (unpaired) electrons. The van der Waals surface area contributed by atoms with Crippen molar-refractivity contribution in [3.05, 3.63) is 197 Å². The van der Waals surface area contributed by atoms with E-state index in [1.54, 1.807) is 0 Å². The van der Waals surface area contributed by atoms with Gasteiger partial charge in [-0.05, 0) is 94.0 Å². The molecule has 0 N–H and O–H groups in total. The molecule has 3 aromatic heterocycles. The molecule has 0 aliphatic heterocycles. The Kier molecular flexibility index (Phi) is 7.03. The van der Waals surface area contributed by atoms with Crippen LogP contribution in [0.4, 0.5) is 4.39 Å². The second kappa shape index (κ2) is 11.9. The number of hydrogen-bond acceptors (Lipinski definition) is 2. The zero-order chi connectivity index (χ0) is 35.8. The average molecular weight is 689 g/mol. The van der Waals surface area contributed by atoms with E-state index in [1.165, 1.54) is 38.5 Å². The first kappa shape index (κ1) is 31.4. The molecule has 1 aliphatic carbocycles. The highest BCUT2D eigenvalue weighted by Gasteiger charge is 2.40. The number of aryl methyl sites for hydroxylation is 1. The molecule has 9 aromatic rings. The lowest BCUT2D eigenvalue weighted by Gasteiger charge is -2.40. The maximum absolute atomic E-state index is 17.0. The third-order valence-electron chi connectivity index (χ3n) is 11.4. The standard InChI is InChI=1S/C48H37FN4/c1-48(2)38-24-23-31(46(49)30-14-13-15-32(26-30)47-51-40-19-8-10-22-43(40)52(47)3)27-36(38)45(41-20-11-12-25-50-41)37-28-35-34-18-7-9-21-42(34)53(44(35)29-39(37)48)33-16-5-4-6-17-33/h4-29,45-46H,1-3H3. The van der Waals surface area contributed by atoms with E-state index >= 15 is 4.39 Å². The maximum atomic E-state index is 17.0. The topological polar surface area (TPSA) is 35.6 Å². The average Bonchev–Trinajstić information content (AvgIpc) is 3.72. The quantitative estimate of drug-likeness (QED) is 0.180. The summed E-state index contributed by atoms with van der Waals surface area (Å²) in [7, 11) is 2.01. The van der Waals surface area contributed by atoms with Crippen LogP contribution in [-0.4, -0.2) is 19.1 Å². The van der Waals surface area contributed by atoms with Crippen molar-refractivity contribution in [2.45, 2.75) is 31.4 Å². The van der Waals surface area contributed by atoms with Crippen LogP contribution in [0, 0.1) is 0 Å². The van der Waals surface area contributed by atoms with Crippen molar-refractivity contribution in [2.75, 3.05) is 0 Å². The second-order valence-electron chi connectivity index (χ2n) is 14.8. The Labute approximate surface area is 307 Å². The fourth-order valence-corrected chi connectivity index (χ4v) is 8.82. The molecule has 0 amide bonds. The van der Waals surface area contributed by atoms with Crippen LogP contribution in [0.3, 0.4) is 0 Å². The molecule has 53 heavy (non-hydrogen) atoms. The van der Waals surface area contributed by atoms with Crippen LogP contribution in [0.25, 0.3) is 49.9 Å². The smallest absolute Gasteiger partial charge is 0.150 e. The summed E-state index contributed by atoms with van der Waals surface area (Å²) in [6.45, 7) is 4.60. The number of pyridine rings is 1. The highest BCUT2D eigenvalue weighted by molar-refractivity contribution is 6.10. The van der Waals surface area contributed by atoms with Gasteiger partial charge in [0.1, 0.15) is 5.82 Å². The predicted molar refractivity (Wildman–Crippen MR) is 214 cm³/mol. The molecule has 5 heteroatoms. The van der Waals surface area contributed by atoms with Crippen molar-refractivity contribution < 1.29 is 4.39 Å². The highest BCUT2D eigenvalue weighted by Crippen LogP contribution is 2.51. The summed E-state index contributed by atoms with van der Waals surface area (Å²) in [5.41, 5.74) is 12.9. The number of hydrogen-bond donors (Lipinski definition) is 0. The van der Waals surface area contributed by atoms with E-state index in [2.05, 4.69) is 120 Å². The largest absolute Gasteiger partial charge is 0.327 e. The Bertz CT molecular complexity index is 2850. The van der Waals surface area contributed by atoms with E-state index in [-0.39, 0.29) is 11.3 Å². The van der Waals surface area contributed by atoms with Gasteiger partial charge in [-0.2, -0.15) is 0 Å². The molecule has 0 spiro atoms. The molecular weight excluding hydrogens is 652 g/mol. The maximum Gasteiger partial charge on any atom is 0.150 e. The van der Waals surface area contributed by atoms with Gasteiger partial charge < -0.3 is 9.13 Å². The molecular formula is C48H37FN4. The van der Waals surface area contributed by atoms with Gasteiger partial charge in [0.15, 0.2) is 6.17 Å². The summed E-state index contributed by atoms with van der Waals surface area (Å²) >= 11 is 0. The van der Waals surface area contributed by atoms with Crippen molar-refractivity contribution >= 4 is 32.8 Å². The van der Waals surface area contributed by atoms with Gasteiger partial charge >= 0.3 is 0 Å². The molecule has 2 unspecified atom stereocenters. The molecule has 10 rings (SSSR count). The SMILES string of the molecule is Cn1c(-c2cccc(C(F)c3ccc4c(c3)C(c3ccccn3)c3cc5c6ccccc6n(-c6ccccc6)c5cc3C4(C)C)c2)nc2ccccc21. The Morgan fingerprint density at radius 3 is 2.17 bits per heavy atom. The number of nitrogens with zero attached hydrogens (tertiary/aromatic N) is 4. The number of alkyl halides is 1. The van der Waals surface area contributed by atoms with Crippen molar-refractivity contribution in [1.29, 1.82) is 0 Å². The second-order valence-corrected chi connectivity index (χ2v) is 14.8. The van der Waals surface area contributed by atoms with Crippen LogP contribution in [0.2, 0.25) is 0 Å². The van der Waals surface area contributed by atoms with Gasteiger partial charge in [-0.3, -0.25) is 4.98 Å². The first-order valence-corrected chi connectivity index (χ1v) is 18.2. The Morgan fingerprint density at radius 1 is 0.623 bits per heavy atom. The molecule has 4 nitrogen and oxygen atoms in total. The van der Waals surface area contributed by atoms with Crippen LogP contribution < -0.4 is 0 Å². The number of aromatic nitrogens is 4. The van der Waals surface area contributed by atoms with Gasteiger partial charge in [-0.1, -0.05) is 105 Å². The first-order chi connectivity index (χ1) is 25.9. The lowest BCUT2D eigenvalue weighted by atomic mass is 9.64. The molecule has 0 bridgehead atoms. The molecule has 0 saturated carbocycles. The molecule has 256 valence electrons. The third-order valence-corrected chi connectivity index (χ3v) is 11.4. The molecule has 2 atom stereocenters. The summed E-state index contributed by atoms with van der Waals surface area (Å²) in [6.07, 6.45) is 0.540. The van der Waals surface area contributed by atoms with Crippen molar-refractivity contribution in [3.63, 3.8) is 0 Å². The van der Waals surface area contributed by atoms with Gasteiger partial charge in [-0.15, -0.1) is 0 Å². The van der Waals surface area contributed by atoms with E-state index < -0.39 is 6.17 Å². The normalized spacial score (nSPS) is 15.4. The Morgan fingerprint density at radius 2 is 1.36 bits per heavy atom. The summed E-state index contributed by atoms with van der Waals surface area (Å²) in [4.78, 5) is 9.82. The summed E-state index contributed by atoms with van der Waals surface area (Å²) < 4.78 is 21.4.